The molecule has 1 aromatic heterocycles. The molecule has 2 aliphatic rings. The van der Waals surface area contributed by atoms with Gasteiger partial charge in [-0.3, -0.25) is 9.56 Å². The van der Waals surface area contributed by atoms with Gasteiger partial charge in [-0.2, -0.15) is 5.10 Å². The quantitative estimate of drug-likeness (QED) is 0.241. The fourth-order valence-electron chi connectivity index (χ4n) is 3.74. The van der Waals surface area contributed by atoms with Crippen molar-refractivity contribution in [3.63, 3.8) is 0 Å². The molecule has 8 nitrogen and oxygen atoms in total. The number of aliphatic hydroxyl groups is 1. The van der Waals surface area contributed by atoms with Crippen LogP contribution in [0.1, 0.15) is 57.7 Å². The Morgan fingerprint density at radius 3 is 2.78 bits per heavy atom. The third-order valence-corrected chi connectivity index (χ3v) is 5.21. The number of fused-ring (bicyclic) bond motifs is 1. The van der Waals surface area contributed by atoms with Crippen molar-refractivity contribution in [2.75, 3.05) is 13.1 Å². The Hall–Kier alpha value is -1.10. The van der Waals surface area contributed by atoms with Crippen molar-refractivity contribution >= 4 is 29.9 Å². The average Bonchev–Trinajstić information content (AvgIpc) is 2.97. The van der Waals surface area contributed by atoms with Gasteiger partial charge < -0.3 is 15.7 Å². The lowest BCUT2D eigenvalue weighted by atomic mass is 9.93. The molecular formula is C18H33IN6O2. The van der Waals surface area contributed by atoms with Crippen LogP contribution >= 0.6 is 24.0 Å². The predicted molar refractivity (Wildman–Crippen MR) is 117 cm³/mol. The van der Waals surface area contributed by atoms with Gasteiger partial charge in [-0.15, -0.1) is 24.0 Å². The zero-order valence-electron chi connectivity index (χ0n) is 16.2. The second kappa shape index (κ2) is 11.0. The van der Waals surface area contributed by atoms with E-state index in [0.29, 0.717) is 19.1 Å². The molecule has 0 atom stereocenters. The summed E-state index contributed by atoms with van der Waals surface area (Å²) >= 11 is 0. The molecule has 1 aliphatic heterocycles. The van der Waals surface area contributed by atoms with Crippen LogP contribution in [-0.4, -0.2) is 50.6 Å². The van der Waals surface area contributed by atoms with Gasteiger partial charge in [0.05, 0.1) is 6.10 Å². The van der Waals surface area contributed by atoms with Crippen LogP contribution in [0, 0.1) is 0 Å². The van der Waals surface area contributed by atoms with Crippen LogP contribution < -0.4 is 16.3 Å². The minimum atomic E-state index is -0.147. The van der Waals surface area contributed by atoms with Gasteiger partial charge in [-0.05, 0) is 51.9 Å². The standard InChI is InChI=1S/C18H32N6O2.HI/c1-2-19-17(21-14-7-9-15(25)10-8-14)20-11-5-13-24-18(26)23-12-4-3-6-16(23)22-24;/h14-15,25H,2-13H2,1H3,(H2,19,20,21);1H. The van der Waals surface area contributed by atoms with Crippen molar-refractivity contribution in [3.05, 3.63) is 16.3 Å². The number of nitrogens with zero attached hydrogens (tertiary/aromatic N) is 4. The van der Waals surface area contributed by atoms with Crippen LogP contribution in [0.3, 0.4) is 0 Å². The second-order valence-electron chi connectivity index (χ2n) is 7.29. The van der Waals surface area contributed by atoms with E-state index in [9.17, 15) is 9.90 Å². The van der Waals surface area contributed by atoms with Gasteiger partial charge >= 0.3 is 5.69 Å². The number of aliphatic imine (C=N–C) groups is 1. The van der Waals surface area contributed by atoms with E-state index in [1.54, 1.807) is 4.68 Å². The molecule has 0 aromatic carbocycles. The first kappa shape index (κ1) is 22.2. The minimum Gasteiger partial charge on any atom is -0.393 e. The number of aliphatic hydroxyl groups excluding tert-OH is 1. The molecule has 0 saturated heterocycles. The fourth-order valence-corrected chi connectivity index (χ4v) is 3.74. The molecule has 154 valence electrons. The van der Waals surface area contributed by atoms with E-state index in [0.717, 1.165) is 76.2 Å². The molecule has 0 radical (unpaired) electrons. The Balaban J connectivity index is 0.00000261. The van der Waals surface area contributed by atoms with Gasteiger partial charge in [0.15, 0.2) is 5.96 Å². The van der Waals surface area contributed by atoms with Crippen molar-refractivity contribution in [3.8, 4) is 0 Å². The van der Waals surface area contributed by atoms with Gasteiger partial charge in [0.25, 0.3) is 0 Å². The van der Waals surface area contributed by atoms with Crippen LogP contribution in [0.5, 0.6) is 0 Å². The lowest BCUT2D eigenvalue weighted by Gasteiger charge is -2.27. The highest BCUT2D eigenvalue weighted by atomic mass is 127. The van der Waals surface area contributed by atoms with Crippen LogP contribution in [0.15, 0.2) is 9.79 Å². The van der Waals surface area contributed by atoms with E-state index >= 15 is 0 Å². The molecule has 3 N–H and O–H groups in total. The van der Waals surface area contributed by atoms with Gasteiger partial charge in [-0.1, -0.05) is 0 Å². The number of rotatable bonds is 6. The van der Waals surface area contributed by atoms with Gasteiger partial charge in [0.1, 0.15) is 5.82 Å². The van der Waals surface area contributed by atoms with Crippen LogP contribution in [0.2, 0.25) is 0 Å². The summed E-state index contributed by atoms with van der Waals surface area (Å²) in [5.41, 5.74) is 0.0227. The largest absolute Gasteiger partial charge is 0.393 e. The summed E-state index contributed by atoms with van der Waals surface area (Å²) in [5, 5.41) is 20.8. The summed E-state index contributed by atoms with van der Waals surface area (Å²) in [6, 6.07) is 0.374. The van der Waals surface area contributed by atoms with Gasteiger partial charge in [-0.25, -0.2) is 9.48 Å². The highest BCUT2D eigenvalue weighted by Crippen LogP contribution is 2.18. The molecule has 27 heavy (non-hydrogen) atoms. The third kappa shape index (κ3) is 6.20. The van der Waals surface area contributed by atoms with Crippen molar-refractivity contribution in [1.29, 1.82) is 0 Å². The smallest absolute Gasteiger partial charge is 0.345 e. The molecule has 9 heteroatoms. The maximum atomic E-state index is 12.3. The van der Waals surface area contributed by atoms with E-state index < -0.39 is 0 Å². The van der Waals surface area contributed by atoms with Gasteiger partial charge in [0, 0.05) is 38.6 Å². The summed E-state index contributed by atoms with van der Waals surface area (Å²) in [4.78, 5) is 17.0. The molecule has 2 heterocycles. The molecule has 0 unspecified atom stereocenters. The number of nitrogens with one attached hydrogen (secondary N) is 2. The molecule has 1 aliphatic carbocycles. The highest BCUT2D eigenvalue weighted by Gasteiger charge is 2.20. The van der Waals surface area contributed by atoms with Crippen molar-refractivity contribution in [2.45, 2.75) is 83.5 Å². The molecule has 0 spiro atoms. The van der Waals surface area contributed by atoms with E-state index in [4.69, 9.17) is 0 Å². The first-order valence-corrected chi connectivity index (χ1v) is 10.1. The molecule has 0 amide bonds. The Kier molecular flexibility index (Phi) is 9.07. The molecule has 1 aromatic rings. The van der Waals surface area contributed by atoms with E-state index in [-0.39, 0.29) is 35.8 Å². The summed E-state index contributed by atoms with van der Waals surface area (Å²) in [6.45, 7) is 4.93. The zero-order chi connectivity index (χ0) is 18.4. The topological polar surface area (TPSA) is 96.5 Å². The first-order valence-electron chi connectivity index (χ1n) is 10.1. The van der Waals surface area contributed by atoms with Gasteiger partial charge in [0.2, 0.25) is 0 Å². The number of hydrogen-bond acceptors (Lipinski definition) is 4. The van der Waals surface area contributed by atoms with Crippen LogP contribution in [0.25, 0.3) is 0 Å². The Labute approximate surface area is 177 Å². The Bertz CT molecular complexity index is 663. The average molecular weight is 492 g/mol. The number of aromatic nitrogens is 3. The van der Waals surface area contributed by atoms with Crippen LogP contribution in [0.4, 0.5) is 0 Å². The molecular weight excluding hydrogens is 459 g/mol. The van der Waals surface area contributed by atoms with Crippen LogP contribution in [-0.2, 0) is 19.5 Å². The molecule has 1 fully saturated rings. The molecule has 3 rings (SSSR count). The lowest BCUT2D eigenvalue weighted by Crippen LogP contribution is -2.45. The fraction of sp³-hybridized carbons (Fsp3) is 0.833. The minimum absolute atomic E-state index is 0. The lowest BCUT2D eigenvalue weighted by molar-refractivity contribution is 0.120. The monoisotopic (exact) mass is 492 g/mol. The summed E-state index contributed by atoms with van der Waals surface area (Å²) in [5.74, 6) is 1.75. The normalized spacial score (nSPS) is 22.7. The second-order valence-corrected chi connectivity index (χ2v) is 7.29. The number of guanidine groups is 1. The Morgan fingerprint density at radius 1 is 1.30 bits per heavy atom. The highest BCUT2D eigenvalue weighted by molar-refractivity contribution is 14.0. The summed E-state index contributed by atoms with van der Waals surface area (Å²) < 4.78 is 3.41. The van der Waals surface area contributed by atoms with Crippen molar-refractivity contribution in [2.24, 2.45) is 4.99 Å². The number of halogens is 1. The van der Waals surface area contributed by atoms with E-state index in [1.165, 1.54) is 0 Å². The number of hydrogen-bond donors (Lipinski definition) is 3. The Morgan fingerprint density at radius 2 is 2.07 bits per heavy atom. The summed E-state index contributed by atoms with van der Waals surface area (Å²) in [7, 11) is 0. The predicted octanol–water partition coefficient (Wildman–Crippen LogP) is 1.25. The maximum Gasteiger partial charge on any atom is 0.345 e. The van der Waals surface area contributed by atoms with Crippen molar-refractivity contribution < 1.29 is 5.11 Å². The molecule has 1 saturated carbocycles. The first-order chi connectivity index (χ1) is 12.7. The van der Waals surface area contributed by atoms with E-state index in [2.05, 4.69) is 27.6 Å². The zero-order valence-corrected chi connectivity index (χ0v) is 18.5. The SMILES string of the molecule is CCNC(=NCCCn1nc2n(c1=O)CCCC2)NC1CCC(O)CC1.I. The maximum absolute atomic E-state index is 12.3. The third-order valence-electron chi connectivity index (χ3n) is 5.21. The van der Waals surface area contributed by atoms with E-state index in [1.807, 2.05) is 4.57 Å². The summed E-state index contributed by atoms with van der Waals surface area (Å²) in [6.07, 6.45) is 7.39. The number of aryl methyl sites for hydroxylation is 2. The molecule has 0 bridgehead atoms. The van der Waals surface area contributed by atoms with Crippen molar-refractivity contribution in [1.82, 2.24) is 25.0 Å².